The smallest absolute Gasteiger partial charge is 0.327 e. The van der Waals surface area contributed by atoms with E-state index in [9.17, 15) is 19.5 Å². The van der Waals surface area contributed by atoms with Gasteiger partial charge in [0.25, 0.3) is 0 Å². The molecule has 12 nitrogen and oxygen atoms in total. The molecule has 2 bridgehead atoms. The third kappa shape index (κ3) is 6.81. The average Bonchev–Trinajstić information content (AvgIpc) is 3.79. The highest BCUT2D eigenvalue weighted by Gasteiger charge is 2.76. The minimum atomic E-state index is -1.43. The van der Waals surface area contributed by atoms with Crippen LogP contribution in [0, 0.1) is 5.41 Å². The van der Waals surface area contributed by atoms with Crippen molar-refractivity contribution in [3.8, 4) is 5.75 Å². The number of ether oxygens (including phenoxy) is 3. The third-order valence-electron chi connectivity index (χ3n) is 10.9. The summed E-state index contributed by atoms with van der Waals surface area (Å²) in [4.78, 5) is 47.8. The van der Waals surface area contributed by atoms with Crippen LogP contribution in [0.15, 0.2) is 115 Å². The molecular formula is C43H43N3O9. The summed E-state index contributed by atoms with van der Waals surface area (Å²) in [6, 6.07) is 33.0. The summed E-state index contributed by atoms with van der Waals surface area (Å²) < 4.78 is 20.1. The number of benzene rings is 4. The van der Waals surface area contributed by atoms with Crippen LogP contribution in [0.1, 0.15) is 40.7 Å². The van der Waals surface area contributed by atoms with Gasteiger partial charge in [-0.25, -0.2) is 0 Å². The Morgan fingerprint density at radius 3 is 2.20 bits per heavy atom. The molecule has 4 N–H and O–H groups in total. The minimum absolute atomic E-state index is 0.0132. The summed E-state index contributed by atoms with van der Waals surface area (Å²) in [5.41, 5.74) is 2.67. The average molecular weight is 746 g/mol. The van der Waals surface area contributed by atoms with Gasteiger partial charge in [-0.1, -0.05) is 115 Å². The molecule has 4 aromatic carbocycles. The molecule has 0 aromatic heterocycles. The number of phenolic OH excluding ortho intramolecular Hbond substituents is 1. The van der Waals surface area contributed by atoms with Gasteiger partial charge < -0.3 is 35.1 Å². The number of phenols is 1. The molecule has 1 aliphatic carbocycles. The molecule has 3 heterocycles. The van der Waals surface area contributed by atoms with Crippen molar-refractivity contribution in [2.45, 2.75) is 62.1 Å². The molecule has 55 heavy (non-hydrogen) atoms. The highest BCUT2D eigenvalue weighted by molar-refractivity contribution is 5.94. The Morgan fingerprint density at radius 2 is 1.51 bits per heavy atom. The van der Waals surface area contributed by atoms with Gasteiger partial charge in [-0.3, -0.25) is 19.2 Å². The van der Waals surface area contributed by atoms with Crippen LogP contribution in [-0.4, -0.2) is 83.2 Å². The zero-order valence-corrected chi connectivity index (χ0v) is 30.1. The molecule has 0 radical (unpaired) electrons. The number of nitrogens with zero attached hydrogens (tertiary/aromatic N) is 1. The first kappa shape index (κ1) is 36.6. The van der Waals surface area contributed by atoms with E-state index in [4.69, 9.17) is 24.2 Å². The van der Waals surface area contributed by atoms with Crippen LogP contribution >= 0.6 is 0 Å². The number of hydrogen-bond acceptors (Lipinski definition) is 10. The molecule has 6 unspecified atom stereocenters. The summed E-state index contributed by atoms with van der Waals surface area (Å²) in [5.74, 6) is -2.48. The molecule has 2 amide bonds. The molecule has 4 aromatic rings. The second-order valence-electron chi connectivity index (χ2n) is 14.3. The highest BCUT2D eigenvalue weighted by Crippen LogP contribution is 2.59. The number of amides is 2. The van der Waals surface area contributed by atoms with Gasteiger partial charge in [0.05, 0.1) is 13.2 Å². The number of allylic oxidation sites excluding steroid dienone is 1. The lowest BCUT2D eigenvalue weighted by Gasteiger charge is -2.48. The quantitative estimate of drug-likeness (QED) is 0.149. The summed E-state index contributed by atoms with van der Waals surface area (Å²) in [6.45, 7) is 0.0948. The number of aliphatic hydroxyl groups excluding tert-OH is 1. The molecule has 284 valence electrons. The lowest BCUT2D eigenvalue weighted by Crippen LogP contribution is -2.69. The van der Waals surface area contributed by atoms with E-state index in [1.807, 2.05) is 109 Å². The topological polar surface area (TPSA) is 156 Å². The van der Waals surface area contributed by atoms with Crippen LogP contribution in [0.2, 0.25) is 0 Å². The van der Waals surface area contributed by atoms with Gasteiger partial charge >= 0.3 is 5.97 Å². The van der Waals surface area contributed by atoms with Crippen molar-refractivity contribution < 1.29 is 43.6 Å². The van der Waals surface area contributed by atoms with Crippen LogP contribution in [0.3, 0.4) is 0 Å². The number of esters is 1. The fourth-order valence-corrected chi connectivity index (χ4v) is 8.35. The molecule has 3 saturated heterocycles. The van der Waals surface area contributed by atoms with Gasteiger partial charge in [0.2, 0.25) is 17.6 Å². The standard InChI is InChI=1S/C43H43N3O9/c47-25-24-44-35(49)22-23-45-41(51)42-26-34-36-37(54-43(53-36,31-13-3-1-4-14-31)32-15-5-2-6-16-32)39(42)55-46(38(42)40(50)52-34)27-29-20-18-28(19-21-29)10-9-12-30-11-7-8-17-33(30)48/h1-11,13-21,34,36-39,47-48H,12,22-27H2,(H,44,49)(H,45,51). The minimum Gasteiger partial charge on any atom is -0.508 e. The molecule has 4 fully saturated rings. The second-order valence-corrected chi connectivity index (χ2v) is 14.3. The monoisotopic (exact) mass is 745 g/mol. The Bertz CT molecular complexity index is 2000. The number of nitrogens with one attached hydrogen (secondary N) is 2. The largest absolute Gasteiger partial charge is 0.508 e. The van der Waals surface area contributed by atoms with Gasteiger partial charge in [-0.2, -0.15) is 5.06 Å². The van der Waals surface area contributed by atoms with Gasteiger partial charge in [-0.05, 0) is 29.2 Å². The zero-order chi connectivity index (χ0) is 38.0. The summed E-state index contributed by atoms with van der Waals surface area (Å²) in [6.07, 6.45) is 1.30. The summed E-state index contributed by atoms with van der Waals surface area (Å²) >= 11 is 0. The number of aromatic hydroxyl groups is 1. The molecule has 1 saturated carbocycles. The number of hydroxylamine groups is 2. The van der Waals surface area contributed by atoms with Gasteiger partial charge in [-0.15, -0.1) is 0 Å². The predicted molar refractivity (Wildman–Crippen MR) is 200 cm³/mol. The number of carbonyl (C=O) groups excluding carboxylic acids is 3. The van der Waals surface area contributed by atoms with Crippen molar-refractivity contribution in [2.75, 3.05) is 19.7 Å². The number of fused-ring (bicyclic) bond motifs is 4. The van der Waals surface area contributed by atoms with Crippen molar-refractivity contribution in [1.29, 1.82) is 0 Å². The SMILES string of the molecule is O=C(CCNC(=O)C12CC3OC(=O)C1N(Cc1ccc(C=CCc4ccccc4O)cc1)OC2C1OC(c2ccccc2)(c2ccccc2)OC31)NCCO. The van der Waals surface area contributed by atoms with Gasteiger partial charge in [0.1, 0.15) is 35.6 Å². The van der Waals surface area contributed by atoms with E-state index in [0.29, 0.717) is 6.42 Å². The van der Waals surface area contributed by atoms with E-state index >= 15 is 0 Å². The van der Waals surface area contributed by atoms with E-state index in [-0.39, 0.29) is 50.7 Å². The maximum atomic E-state index is 14.6. The fraction of sp³-hybridized carbons (Fsp3) is 0.326. The molecule has 3 aliphatic heterocycles. The van der Waals surface area contributed by atoms with E-state index in [1.54, 1.807) is 12.1 Å². The number of carbonyl (C=O) groups is 3. The van der Waals surface area contributed by atoms with E-state index in [1.165, 1.54) is 5.06 Å². The lowest BCUT2D eigenvalue weighted by atomic mass is 9.62. The van der Waals surface area contributed by atoms with Crippen LogP contribution in [0.4, 0.5) is 0 Å². The van der Waals surface area contributed by atoms with Crippen molar-refractivity contribution in [3.63, 3.8) is 0 Å². The summed E-state index contributed by atoms with van der Waals surface area (Å²) in [5, 5.41) is 26.2. The molecular weight excluding hydrogens is 702 g/mol. The van der Waals surface area contributed by atoms with Gasteiger partial charge in [0.15, 0.2) is 6.04 Å². The third-order valence-corrected chi connectivity index (χ3v) is 10.9. The Hall–Kier alpha value is -5.37. The lowest BCUT2D eigenvalue weighted by molar-refractivity contribution is -0.213. The molecule has 6 atom stereocenters. The Kier molecular flexibility index (Phi) is 10.2. The Balaban J connectivity index is 1.09. The predicted octanol–water partition coefficient (Wildman–Crippen LogP) is 3.75. The van der Waals surface area contributed by atoms with E-state index < -0.39 is 53.5 Å². The number of aliphatic hydroxyl groups is 1. The molecule has 0 spiro atoms. The van der Waals surface area contributed by atoms with Crippen LogP contribution < -0.4 is 10.6 Å². The maximum Gasteiger partial charge on any atom is 0.327 e. The number of para-hydroxylation sites is 1. The Labute approximate surface area is 318 Å². The first-order valence-corrected chi connectivity index (χ1v) is 18.6. The van der Waals surface area contributed by atoms with Crippen molar-refractivity contribution >= 4 is 23.9 Å². The normalized spacial score (nSPS) is 26.3. The zero-order valence-electron chi connectivity index (χ0n) is 30.1. The van der Waals surface area contributed by atoms with Crippen molar-refractivity contribution in [2.24, 2.45) is 5.41 Å². The molecule has 12 heteroatoms. The van der Waals surface area contributed by atoms with Crippen molar-refractivity contribution in [1.82, 2.24) is 15.7 Å². The van der Waals surface area contributed by atoms with Crippen LogP contribution in [0.5, 0.6) is 5.75 Å². The fourth-order valence-electron chi connectivity index (χ4n) is 8.35. The van der Waals surface area contributed by atoms with E-state index in [2.05, 4.69) is 10.6 Å². The number of rotatable bonds is 13. The van der Waals surface area contributed by atoms with Gasteiger partial charge in [0, 0.05) is 37.1 Å². The molecule has 4 aliphatic rings. The first-order valence-electron chi connectivity index (χ1n) is 18.6. The maximum absolute atomic E-state index is 14.6. The summed E-state index contributed by atoms with van der Waals surface area (Å²) in [7, 11) is 0. The first-order chi connectivity index (χ1) is 26.8. The Morgan fingerprint density at radius 1 is 0.836 bits per heavy atom. The number of hydrogen-bond donors (Lipinski definition) is 4. The van der Waals surface area contributed by atoms with E-state index in [0.717, 1.165) is 27.8 Å². The molecule has 8 rings (SSSR count). The second kappa shape index (κ2) is 15.4. The highest BCUT2D eigenvalue weighted by atomic mass is 16.8. The van der Waals surface area contributed by atoms with Crippen LogP contribution in [-0.2, 0) is 52.2 Å². The van der Waals surface area contributed by atoms with Crippen molar-refractivity contribution in [3.05, 3.63) is 143 Å². The van der Waals surface area contributed by atoms with Crippen LogP contribution in [0.25, 0.3) is 6.08 Å².